The number of ether oxygens (including phenoxy) is 1. The number of carbonyl (C=O) groups is 1. The molecule has 4 heteroatoms. The molecule has 0 aromatic heterocycles. The monoisotopic (exact) mass is 431 g/mol. The van der Waals surface area contributed by atoms with Crippen LogP contribution in [0.5, 0.6) is 0 Å². The zero-order valence-corrected chi connectivity index (χ0v) is 20.5. The third kappa shape index (κ3) is 5.13. The zero-order valence-electron chi connectivity index (χ0n) is 20.5. The molecule has 3 rings (SSSR count). The molecule has 0 aromatic rings. The van der Waals surface area contributed by atoms with Crippen LogP contribution in [0, 0.1) is 52.3 Å². The molecule has 8 atom stereocenters. The van der Waals surface area contributed by atoms with Crippen molar-refractivity contribution in [1.82, 2.24) is 0 Å². The van der Waals surface area contributed by atoms with Crippen molar-refractivity contribution in [3.8, 4) is 6.07 Å². The molecule has 2 saturated carbocycles. The summed E-state index contributed by atoms with van der Waals surface area (Å²) in [6, 6.07) is 2.26. The number of fused-ring (bicyclic) bond motifs is 1. The lowest BCUT2D eigenvalue weighted by Gasteiger charge is -2.53. The summed E-state index contributed by atoms with van der Waals surface area (Å²) < 4.78 is 6.46. The van der Waals surface area contributed by atoms with Crippen molar-refractivity contribution >= 4 is 5.97 Å². The first-order chi connectivity index (χ1) is 14.6. The maximum absolute atomic E-state index is 11.9. The number of hydrogen-bond acceptors (Lipinski definition) is 3. The number of nitrogens with zero attached hydrogens (tertiary/aromatic N) is 1. The molecular formula is C27H45NO3. The molecule has 0 aromatic carbocycles. The Morgan fingerprint density at radius 1 is 1.10 bits per heavy atom. The number of hydrogen-bond donors (Lipinski definition) is 1. The molecule has 2 unspecified atom stereocenters. The summed E-state index contributed by atoms with van der Waals surface area (Å²) in [6.07, 6.45) is 11.2. The highest BCUT2D eigenvalue weighted by Crippen LogP contribution is 2.64. The normalized spacial score (nSPS) is 41.1. The minimum atomic E-state index is -0.664. The summed E-state index contributed by atoms with van der Waals surface area (Å²) in [7, 11) is 0. The van der Waals surface area contributed by atoms with Crippen molar-refractivity contribution in [3.63, 3.8) is 0 Å². The summed E-state index contributed by atoms with van der Waals surface area (Å²) >= 11 is 0. The Balaban J connectivity index is 1.76. The molecule has 1 aliphatic heterocycles. The van der Waals surface area contributed by atoms with Gasteiger partial charge < -0.3 is 9.84 Å². The molecule has 4 nitrogen and oxygen atoms in total. The lowest BCUT2D eigenvalue weighted by Crippen LogP contribution is -2.50. The Morgan fingerprint density at radius 3 is 2.48 bits per heavy atom. The standard InChI is InChI=1S/C27H45NO3/c1-18(2)7-6-8-19(3)22-9-10-23-21(17-25(29)30)24(12-14-26(22,23)4)27(5)15-11-20(31-27)13-16-28/h18-24H,6-15,17H2,1-5H3,(H,29,30)/t19?,20-,21-,22+,23?,24-,26+,27+/m0/s1. The van der Waals surface area contributed by atoms with Crippen LogP contribution in [0.3, 0.4) is 0 Å². The fourth-order valence-corrected chi connectivity index (χ4v) is 8.02. The third-order valence-electron chi connectivity index (χ3n) is 9.55. The van der Waals surface area contributed by atoms with Gasteiger partial charge in [-0.1, -0.05) is 47.0 Å². The van der Waals surface area contributed by atoms with Crippen molar-refractivity contribution in [3.05, 3.63) is 0 Å². The molecule has 176 valence electrons. The fourth-order valence-electron chi connectivity index (χ4n) is 8.02. The number of rotatable bonds is 9. The van der Waals surface area contributed by atoms with Crippen molar-refractivity contribution in [1.29, 1.82) is 5.26 Å². The lowest BCUT2D eigenvalue weighted by molar-refractivity contribution is -0.149. The topological polar surface area (TPSA) is 70.3 Å². The molecule has 3 aliphatic rings. The van der Waals surface area contributed by atoms with Gasteiger partial charge in [0.1, 0.15) is 0 Å². The van der Waals surface area contributed by atoms with Gasteiger partial charge in [0.25, 0.3) is 0 Å². The molecule has 1 saturated heterocycles. The van der Waals surface area contributed by atoms with E-state index in [9.17, 15) is 9.90 Å². The number of aliphatic carboxylic acids is 1. The van der Waals surface area contributed by atoms with E-state index in [1.807, 2.05) is 0 Å². The van der Waals surface area contributed by atoms with Crippen LogP contribution in [-0.2, 0) is 9.53 Å². The van der Waals surface area contributed by atoms with Crippen molar-refractivity contribution in [2.75, 3.05) is 0 Å². The second-order valence-electron chi connectivity index (χ2n) is 12.0. The molecule has 0 bridgehead atoms. The quantitative estimate of drug-likeness (QED) is 0.434. The van der Waals surface area contributed by atoms with Gasteiger partial charge in [0.2, 0.25) is 0 Å². The van der Waals surface area contributed by atoms with E-state index >= 15 is 0 Å². The Hall–Kier alpha value is -1.08. The van der Waals surface area contributed by atoms with Crippen molar-refractivity contribution in [2.24, 2.45) is 40.9 Å². The van der Waals surface area contributed by atoms with Crippen LogP contribution >= 0.6 is 0 Å². The summed E-state index contributed by atoms with van der Waals surface area (Å²) in [5, 5.41) is 18.9. The molecule has 31 heavy (non-hydrogen) atoms. The predicted molar refractivity (Wildman–Crippen MR) is 123 cm³/mol. The van der Waals surface area contributed by atoms with E-state index in [-0.39, 0.29) is 29.5 Å². The van der Waals surface area contributed by atoms with E-state index in [2.05, 4.69) is 40.7 Å². The van der Waals surface area contributed by atoms with Gasteiger partial charge in [-0.15, -0.1) is 0 Å². The maximum Gasteiger partial charge on any atom is 0.303 e. The van der Waals surface area contributed by atoms with Crippen LogP contribution < -0.4 is 0 Å². The Labute approximate surface area is 190 Å². The molecule has 1 N–H and O–H groups in total. The van der Waals surface area contributed by atoms with Gasteiger partial charge in [0, 0.05) is 6.42 Å². The minimum absolute atomic E-state index is 0.0195. The number of carboxylic acids is 1. The summed E-state index contributed by atoms with van der Waals surface area (Å²) in [4.78, 5) is 11.9. The van der Waals surface area contributed by atoms with Gasteiger partial charge in [-0.05, 0) is 86.4 Å². The second-order valence-corrected chi connectivity index (χ2v) is 12.0. The molecular weight excluding hydrogens is 386 g/mol. The van der Waals surface area contributed by atoms with Crippen LogP contribution in [0.15, 0.2) is 0 Å². The molecule has 3 fully saturated rings. The highest BCUT2D eigenvalue weighted by molar-refractivity contribution is 5.67. The maximum atomic E-state index is 11.9. The Bertz CT molecular complexity index is 670. The molecule has 0 radical (unpaired) electrons. The minimum Gasteiger partial charge on any atom is -0.481 e. The van der Waals surface area contributed by atoms with Crippen molar-refractivity contribution < 1.29 is 14.6 Å². The van der Waals surface area contributed by atoms with Gasteiger partial charge >= 0.3 is 5.97 Å². The Kier molecular flexibility index (Phi) is 7.78. The molecule has 0 spiro atoms. The molecule has 2 aliphatic carbocycles. The fraction of sp³-hybridized carbons (Fsp3) is 0.926. The lowest BCUT2D eigenvalue weighted by atomic mass is 9.53. The van der Waals surface area contributed by atoms with E-state index in [4.69, 9.17) is 10.00 Å². The zero-order chi connectivity index (χ0) is 22.8. The van der Waals surface area contributed by atoms with Gasteiger partial charge in [0.05, 0.1) is 24.2 Å². The van der Waals surface area contributed by atoms with E-state index in [0.29, 0.717) is 30.1 Å². The SMILES string of the molecule is CC(C)CCCC(C)[C@H]1CCC2[C@H](CC(=O)O)[C@@H]([C@@]3(C)CC[C@@H](CC#N)O3)CC[C@@]21C. The largest absolute Gasteiger partial charge is 0.481 e. The van der Waals surface area contributed by atoms with Crippen LogP contribution in [0.2, 0.25) is 0 Å². The molecule has 1 heterocycles. The summed E-state index contributed by atoms with van der Waals surface area (Å²) in [6.45, 7) is 11.7. The second kappa shape index (κ2) is 9.82. The van der Waals surface area contributed by atoms with Gasteiger partial charge in [-0.25, -0.2) is 0 Å². The molecule has 0 amide bonds. The van der Waals surface area contributed by atoms with E-state index in [0.717, 1.165) is 25.2 Å². The van der Waals surface area contributed by atoms with Crippen LogP contribution in [0.1, 0.15) is 105 Å². The third-order valence-corrected chi connectivity index (χ3v) is 9.55. The highest BCUT2D eigenvalue weighted by Gasteiger charge is 2.59. The van der Waals surface area contributed by atoms with E-state index in [1.54, 1.807) is 0 Å². The van der Waals surface area contributed by atoms with Crippen molar-refractivity contribution in [2.45, 2.75) is 117 Å². The Morgan fingerprint density at radius 2 is 1.84 bits per heavy atom. The first-order valence-corrected chi connectivity index (χ1v) is 12.9. The number of carboxylic acid groups (broad SMARTS) is 1. The van der Waals surface area contributed by atoms with Crippen LogP contribution in [0.4, 0.5) is 0 Å². The van der Waals surface area contributed by atoms with Crippen LogP contribution in [0.25, 0.3) is 0 Å². The highest BCUT2D eigenvalue weighted by atomic mass is 16.5. The van der Waals surface area contributed by atoms with Crippen LogP contribution in [-0.4, -0.2) is 22.8 Å². The average molecular weight is 432 g/mol. The van der Waals surface area contributed by atoms with Gasteiger partial charge in [-0.3, -0.25) is 4.79 Å². The average Bonchev–Trinajstić information content (AvgIpc) is 3.22. The summed E-state index contributed by atoms with van der Waals surface area (Å²) in [5.41, 5.74) is -0.0151. The first kappa shape index (κ1) is 24.6. The smallest absolute Gasteiger partial charge is 0.303 e. The van der Waals surface area contributed by atoms with E-state index < -0.39 is 5.97 Å². The first-order valence-electron chi connectivity index (χ1n) is 12.9. The summed E-state index contributed by atoms with van der Waals surface area (Å²) in [5.74, 6) is 2.50. The van der Waals surface area contributed by atoms with E-state index in [1.165, 1.54) is 38.5 Å². The van der Waals surface area contributed by atoms with Gasteiger partial charge in [-0.2, -0.15) is 5.26 Å². The van der Waals surface area contributed by atoms with Gasteiger partial charge in [0.15, 0.2) is 0 Å². The predicted octanol–water partition coefficient (Wildman–Crippen LogP) is 6.83. The number of nitriles is 1.